The van der Waals surface area contributed by atoms with Crippen LogP contribution in [-0.4, -0.2) is 25.2 Å². The van der Waals surface area contributed by atoms with Gasteiger partial charge in [0.05, 0.1) is 12.5 Å². The summed E-state index contributed by atoms with van der Waals surface area (Å²) >= 11 is 0. The van der Waals surface area contributed by atoms with Gasteiger partial charge in [0.15, 0.2) is 6.29 Å². The molecule has 12 heavy (non-hydrogen) atoms. The molecule has 0 bridgehead atoms. The molecule has 1 atom stereocenters. The van der Waals surface area contributed by atoms with Crippen molar-refractivity contribution in [1.82, 2.24) is 0 Å². The molecule has 5 heteroatoms. The predicted molar refractivity (Wildman–Crippen MR) is 37.1 cm³/mol. The standard InChI is InChI=1S/C7H6F3NO/c8-7(9,10)6-1-5(4-12)2-11-3-6/h1-2,4,6H,3H2. The van der Waals surface area contributed by atoms with Gasteiger partial charge < -0.3 is 0 Å². The van der Waals surface area contributed by atoms with Gasteiger partial charge in [-0.25, -0.2) is 0 Å². The van der Waals surface area contributed by atoms with E-state index >= 15 is 0 Å². The van der Waals surface area contributed by atoms with Gasteiger partial charge in [0.1, 0.15) is 0 Å². The second kappa shape index (κ2) is 3.08. The number of hydrogen-bond donors (Lipinski definition) is 0. The topological polar surface area (TPSA) is 29.4 Å². The first kappa shape index (κ1) is 8.96. The summed E-state index contributed by atoms with van der Waals surface area (Å²) in [6.45, 7) is -0.319. The lowest BCUT2D eigenvalue weighted by atomic mass is 10.0. The number of carbonyl (C=O) groups is 1. The molecule has 1 unspecified atom stereocenters. The number of halogens is 3. The first-order valence-electron chi connectivity index (χ1n) is 3.27. The monoisotopic (exact) mass is 177 g/mol. The molecular weight excluding hydrogens is 171 g/mol. The van der Waals surface area contributed by atoms with Gasteiger partial charge in [-0.2, -0.15) is 13.2 Å². The predicted octanol–water partition coefficient (Wildman–Crippen LogP) is 1.37. The summed E-state index contributed by atoms with van der Waals surface area (Å²) in [6, 6.07) is 0. The van der Waals surface area contributed by atoms with E-state index in [-0.39, 0.29) is 12.1 Å². The van der Waals surface area contributed by atoms with Crippen molar-refractivity contribution in [3.05, 3.63) is 11.6 Å². The maximum Gasteiger partial charge on any atom is 0.396 e. The van der Waals surface area contributed by atoms with E-state index in [0.717, 1.165) is 12.3 Å². The molecule has 0 radical (unpaired) electrons. The lowest BCUT2D eigenvalue weighted by molar-refractivity contribution is -0.158. The van der Waals surface area contributed by atoms with Crippen LogP contribution in [0, 0.1) is 5.92 Å². The molecule has 1 aliphatic heterocycles. The van der Waals surface area contributed by atoms with Crippen molar-refractivity contribution in [3.8, 4) is 0 Å². The van der Waals surface area contributed by atoms with Crippen LogP contribution >= 0.6 is 0 Å². The average molecular weight is 177 g/mol. The highest BCUT2D eigenvalue weighted by atomic mass is 19.4. The molecule has 66 valence electrons. The van der Waals surface area contributed by atoms with E-state index in [1.54, 1.807) is 0 Å². The van der Waals surface area contributed by atoms with Gasteiger partial charge in [-0.3, -0.25) is 9.79 Å². The number of aldehydes is 1. The number of carbonyl (C=O) groups excluding carboxylic acids is 1. The fraction of sp³-hybridized carbons (Fsp3) is 0.429. The van der Waals surface area contributed by atoms with Crippen LogP contribution in [0.4, 0.5) is 13.2 Å². The van der Waals surface area contributed by atoms with E-state index in [9.17, 15) is 18.0 Å². The van der Waals surface area contributed by atoms with E-state index in [1.165, 1.54) is 0 Å². The van der Waals surface area contributed by atoms with E-state index in [1.807, 2.05) is 0 Å². The number of alkyl halides is 3. The minimum Gasteiger partial charge on any atom is -0.298 e. The minimum atomic E-state index is -4.30. The summed E-state index contributed by atoms with van der Waals surface area (Å²) in [5.74, 6) is -1.61. The zero-order valence-corrected chi connectivity index (χ0v) is 6.01. The summed E-state index contributed by atoms with van der Waals surface area (Å²) in [5.41, 5.74) is -0.0106. The average Bonchev–Trinajstić information content (AvgIpc) is 2.03. The molecule has 0 N–H and O–H groups in total. The van der Waals surface area contributed by atoms with Crippen LogP contribution in [0.25, 0.3) is 0 Å². The lowest BCUT2D eigenvalue weighted by Gasteiger charge is -2.17. The Morgan fingerprint density at radius 3 is 2.75 bits per heavy atom. The van der Waals surface area contributed by atoms with Crippen LogP contribution < -0.4 is 0 Å². The summed E-state index contributed by atoms with van der Waals surface area (Å²) in [5, 5.41) is 0. The van der Waals surface area contributed by atoms with Gasteiger partial charge in [0.25, 0.3) is 0 Å². The molecule has 0 aromatic carbocycles. The first-order valence-corrected chi connectivity index (χ1v) is 3.27. The summed E-state index contributed by atoms with van der Waals surface area (Å²) in [4.78, 5) is 13.5. The Bertz CT molecular complexity index is 242. The van der Waals surface area contributed by atoms with Crippen molar-refractivity contribution < 1.29 is 18.0 Å². The Balaban J connectivity index is 2.79. The van der Waals surface area contributed by atoms with Crippen molar-refractivity contribution in [2.45, 2.75) is 6.18 Å². The molecule has 0 aliphatic carbocycles. The summed E-state index contributed by atoms with van der Waals surface area (Å²) in [7, 11) is 0. The zero-order chi connectivity index (χ0) is 9.19. The maximum absolute atomic E-state index is 12.0. The molecule has 0 aromatic heterocycles. The molecule has 0 fully saturated rings. The Morgan fingerprint density at radius 1 is 1.58 bits per heavy atom. The zero-order valence-electron chi connectivity index (χ0n) is 6.01. The van der Waals surface area contributed by atoms with Crippen LogP contribution in [-0.2, 0) is 4.79 Å². The number of rotatable bonds is 1. The van der Waals surface area contributed by atoms with Crippen LogP contribution in [0.3, 0.4) is 0 Å². The van der Waals surface area contributed by atoms with Crippen molar-refractivity contribution >= 4 is 12.5 Å². The Kier molecular flexibility index (Phi) is 2.30. The van der Waals surface area contributed by atoms with E-state index in [2.05, 4.69) is 4.99 Å². The van der Waals surface area contributed by atoms with E-state index in [0.29, 0.717) is 6.29 Å². The normalized spacial score (nSPS) is 23.6. The van der Waals surface area contributed by atoms with Gasteiger partial charge in [0, 0.05) is 11.8 Å². The molecule has 0 aromatic rings. The number of hydrogen-bond acceptors (Lipinski definition) is 2. The highest BCUT2D eigenvalue weighted by molar-refractivity contribution is 6.02. The minimum absolute atomic E-state index is 0.0106. The van der Waals surface area contributed by atoms with Gasteiger partial charge in [-0.1, -0.05) is 6.08 Å². The van der Waals surface area contributed by atoms with Crippen LogP contribution in [0.15, 0.2) is 16.6 Å². The first-order chi connectivity index (χ1) is 5.54. The highest BCUT2D eigenvalue weighted by Crippen LogP contribution is 2.29. The van der Waals surface area contributed by atoms with Crippen LogP contribution in [0.1, 0.15) is 0 Å². The van der Waals surface area contributed by atoms with Gasteiger partial charge >= 0.3 is 6.18 Å². The van der Waals surface area contributed by atoms with Crippen LogP contribution in [0.5, 0.6) is 0 Å². The number of dihydropyridines is 1. The molecule has 1 heterocycles. The molecule has 0 spiro atoms. The number of nitrogens with zero attached hydrogens (tertiary/aromatic N) is 1. The highest BCUT2D eigenvalue weighted by Gasteiger charge is 2.38. The third-order valence-corrected chi connectivity index (χ3v) is 1.49. The smallest absolute Gasteiger partial charge is 0.298 e. The lowest BCUT2D eigenvalue weighted by Crippen LogP contribution is -2.26. The van der Waals surface area contributed by atoms with E-state index < -0.39 is 12.1 Å². The second-order valence-electron chi connectivity index (χ2n) is 2.43. The molecular formula is C7H6F3NO. The Hall–Kier alpha value is -1.13. The van der Waals surface area contributed by atoms with E-state index in [4.69, 9.17) is 0 Å². The van der Waals surface area contributed by atoms with Crippen LogP contribution in [0.2, 0.25) is 0 Å². The SMILES string of the molecule is O=CC1=CC(C(F)(F)F)CN=C1. The molecule has 1 rings (SSSR count). The maximum atomic E-state index is 12.0. The fourth-order valence-electron chi connectivity index (χ4n) is 0.867. The fourth-order valence-corrected chi connectivity index (χ4v) is 0.867. The molecule has 0 amide bonds. The summed E-state index contributed by atoms with van der Waals surface area (Å²) in [6.07, 6.45) is -1.90. The molecule has 0 saturated heterocycles. The van der Waals surface area contributed by atoms with Crippen molar-refractivity contribution in [2.24, 2.45) is 10.9 Å². The molecule has 2 nitrogen and oxygen atoms in total. The second-order valence-corrected chi connectivity index (χ2v) is 2.43. The number of allylic oxidation sites excluding steroid dienone is 1. The Morgan fingerprint density at radius 2 is 2.25 bits per heavy atom. The molecule has 1 aliphatic rings. The molecule has 0 saturated carbocycles. The van der Waals surface area contributed by atoms with Crippen molar-refractivity contribution in [2.75, 3.05) is 6.54 Å². The quantitative estimate of drug-likeness (QED) is 0.556. The largest absolute Gasteiger partial charge is 0.396 e. The Labute approximate surface area is 66.8 Å². The third kappa shape index (κ3) is 1.93. The van der Waals surface area contributed by atoms with Crippen molar-refractivity contribution in [1.29, 1.82) is 0 Å². The van der Waals surface area contributed by atoms with Gasteiger partial charge in [-0.15, -0.1) is 0 Å². The number of aliphatic imine (C=N–C) groups is 1. The van der Waals surface area contributed by atoms with Gasteiger partial charge in [0.2, 0.25) is 0 Å². The summed E-state index contributed by atoms with van der Waals surface area (Å²) < 4.78 is 36.0. The van der Waals surface area contributed by atoms with Crippen molar-refractivity contribution in [3.63, 3.8) is 0 Å². The van der Waals surface area contributed by atoms with Gasteiger partial charge in [-0.05, 0) is 0 Å². The third-order valence-electron chi connectivity index (χ3n) is 1.49.